The highest BCUT2D eigenvalue weighted by atomic mass is 79.9. The molecule has 0 aliphatic rings. The van der Waals surface area contributed by atoms with Gasteiger partial charge in [0.2, 0.25) is 0 Å². The number of rotatable bonds is 4. The van der Waals surface area contributed by atoms with E-state index in [9.17, 15) is 0 Å². The number of alkyl halides is 1. The van der Waals surface area contributed by atoms with Crippen molar-refractivity contribution in [2.75, 3.05) is 0 Å². The second-order valence-electron chi connectivity index (χ2n) is 4.18. The number of halogens is 2. The van der Waals surface area contributed by atoms with Gasteiger partial charge in [-0.25, -0.2) is 0 Å². The van der Waals surface area contributed by atoms with E-state index in [1.165, 1.54) is 5.56 Å². The first-order valence-electron chi connectivity index (χ1n) is 5.92. The highest BCUT2D eigenvalue weighted by Gasteiger charge is 2.14. The van der Waals surface area contributed by atoms with E-state index in [0.717, 1.165) is 40.0 Å². The number of hydrogen-bond donors (Lipinski definition) is 0. The molecule has 1 aromatic heterocycles. The molecule has 1 heterocycles. The Morgan fingerprint density at radius 2 is 2.06 bits per heavy atom. The topological polar surface area (TPSA) is 30.7 Å². The van der Waals surface area contributed by atoms with Gasteiger partial charge in [-0.2, -0.15) is 0 Å². The minimum absolute atomic E-state index is 0.732. The maximum absolute atomic E-state index is 4.33. The van der Waals surface area contributed by atoms with Gasteiger partial charge in [0.1, 0.15) is 5.82 Å². The Bertz CT molecular complexity index is 549. The Kier molecular flexibility index (Phi) is 4.56. The van der Waals surface area contributed by atoms with E-state index >= 15 is 0 Å². The molecule has 0 unspecified atom stereocenters. The van der Waals surface area contributed by atoms with Gasteiger partial charge in [-0.1, -0.05) is 38.8 Å². The molecule has 0 saturated carbocycles. The molecule has 2 rings (SSSR count). The van der Waals surface area contributed by atoms with Crippen LogP contribution in [-0.4, -0.2) is 14.8 Å². The lowest BCUT2D eigenvalue weighted by Gasteiger charge is -2.10. The van der Waals surface area contributed by atoms with Crippen LogP contribution in [0.3, 0.4) is 0 Å². The van der Waals surface area contributed by atoms with E-state index in [0.29, 0.717) is 0 Å². The molecule has 0 radical (unpaired) electrons. The third kappa shape index (κ3) is 2.67. The first kappa shape index (κ1) is 13.7. The second-order valence-corrected chi connectivity index (χ2v) is 5.66. The van der Waals surface area contributed by atoms with Crippen LogP contribution in [0.2, 0.25) is 0 Å². The predicted octanol–water partition coefficient (Wildman–Crippen LogP) is 4.32. The molecular weight excluding hydrogens is 358 g/mol. The lowest BCUT2D eigenvalue weighted by atomic mass is 10.1. The van der Waals surface area contributed by atoms with Gasteiger partial charge in [-0.15, -0.1) is 10.2 Å². The van der Waals surface area contributed by atoms with Gasteiger partial charge in [-0.05, 0) is 37.1 Å². The van der Waals surface area contributed by atoms with Crippen molar-refractivity contribution in [2.45, 2.75) is 32.1 Å². The van der Waals surface area contributed by atoms with E-state index in [2.05, 4.69) is 72.6 Å². The monoisotopic (exact) mass is 371 g/mol. The summed E-state index contributed by atoms with van der Waals surface area (Å²) >= 11 is 6.95. The summed E-state index contributed by atoms with van der Waals surface area (Å²) in [5.74, 6) is 1.94. The van der Waals surface area contributed by atoms with Gasteiger partial charge in [0.05, 0.1) is 5.33 Å². The first-order chi connectivity index (χ1) is 8.67. The molecule has 0 saturated heterocycles. The van der Waals surface area contributed by atoms with E-state index in [1.807, 2.05) is 6.07 Å². The van der Waals surface area contributed by atoms with Gasteiger partial charge in [0.25, 0.3) is 0 Å². The van der Waals surface area contributed by atoms with Crippen molar-refractivity contribution in [3.63, 3.8) is 0 Å². The largest absolute Gasteiger partial charge is 0.310 e. The molecule has 0 aliphatic heterocycles. The summed E-state index contributed by atoms with van der Waals surface area (Å²) in [6, 6.07) is 6.24. The highest BCUT2D eigenvalue weighted by Crippen LogP contribution is 2.26. The van der Waals surface area contributed by atoms with Crippen LogP contribution in [0, 0.1) is 6.92 Å². The lowest BCUT2D eigenvalue weighted by molar-refractivity contribution is 0.661. The molecular formula is C13H15Br2N3. The lowest BCUT2D eigenvalue weighted by Crippen LogP contribution is -2.04. The molecule has 0 fully saturated rings. The molecule has 96 valence electrons. The smallest absolute Gasteiger partial charge is 0.164 e. The Labute approximate surface area is 124 Å². The number of nitrogens with zero attached hydrogens (tertiary/aromatic N) is 3. The van der Waals surface area contributed by atoms with Crippen molar-refractivity contribution < 1.29 is 0 Å². The van der Waals surface area contributed by atoms with E-state index in [1.54, 1.807) is 0 Å². The third-order valence-electron chi connectivity index (χ3n) is 2.82. The van der Waals surface area contributed by atoms with Gasteiger partial charge in [0, 0.05) is 16.6 Å². The van der Waals surface area contributed by atoms with Crippen LogP contribution in [-0.2, 0) is 11.9 Å². The molecule has 5 heteroatoms. The van der Waals surface area contributed by atoms with Crippen LogP contribution in [0.15, 0.2) is 22.7 Å². The zero-order chi connectivity index (χ0) is 13.1. The fraction of sp³-hybridized carbons (Fsp3) is 0.385. The molecule has 0 N–H and O–H groups in total. The molecule has 1 aromatic carbocycles. The number of aromatic nitrogens is 3. The van der Waals surface area contributed by atoms with Gasteiger partial charge in [0.15, 0.2) is 5.82 Å². The van der Waals surface area contributed by atoms with E-state index < -0.39 is 0 Å². The average Bonchev–Trinajstić information content (AvgIpc) is 2.73. The summed E-state index contributed by atoms with van der Waals surface area (Å²) in [7, 11) is 0. The standard InChI is InChI=1S/C13H15Br2N3/c1-3-6-18-12(8-14)16-17-13(18)11-5-4-10(15)7-9(11)2/h4-5,7H,3,6,8H2,1-2H3. The quantitative estimate of drug-likeness (QED) is 0.748. The van der Waals surface area contributed by atoms with Crippen LogP contribution < -0.4 is 0 Å². The molecule has 0 atom stereocenters. The molecule has 0 aliphatic carbocycles. The molecule has 3 nitrogen and oxygen atoms in total. The van der Waals surface area contributed by atoms with Crippen LogP contribution in [0.1, 0.15) is 24.7 Å². The number of hydrogen-bond acceptors (Lipinski definition) is 2. The summed E-state index contributed by atoms with van der Waals surface area (Å²) in [6.45, 7) is 5.20. The van der Waals surface area contributed by atoms with Crippen molar-refractivity contribution in [1.29, 1.82) is 0 Å². The Hall–Kier alpha value is -0.680. The maximum atomic E-state index is 4.33. The second kappa shape index (κ2) is 5.97. The summed E-state index contributed by atoms with van der Waals surface area (Å²) in [6.07, 6.45) is 1.07. The Morgan fingerprint density at radius 1 is 1.28 bits per heavy atom. The third-order valence-corrected chi connectivity index (χ3v) is 3.82. The van der Waals surface area contributed by atoms with E-state index in [4.69, 9.17) is 0 Å². The number of aryl methyl sites for hydroxylation is 1. The minimum atomic E-state index is 0.732. The maximum Gasteiger partial charge on any atom is 0.164 e. The Balaban J connectivity index is 2.52. The zero-order valence-electron chi connectivity index (χ0n) is 10.5. The SMILES string of the molecule is CCCn1c(CBr)nnc1-c1ccc(Br)cc1C. The zero-order valence-corrected chi connectivity index (χ0v) is 13.6. The van der Waals surface area contributed by atoms with Crippen LogP contribution in [0.5, 0.6) is 0 Å². The molecule has 0 bridgehead atoms. The first-order valence-corrected chi connectivity index (χ1v) is 7.83. The van der Waals surface area contributed by atoms with Crippen molar-refractivity contribution in [1.82, 2.24) is 14.8 Å². The van der Waals surface area contributed by atoms with Gasteiger partial charge in [-0.3, -0.25) is 0 Å². The predicted molar refractivity (Wildman–Crippen MR) is 80.8 cm³/mol. The normalized spacial score (nSPS) is 10.9. The molecule has 18 heavy (non-hydrogen) atoms. The summed E-state index contributed by atoms with van der Waals surface area (Å²) in [5, 5.41) is 9.31. The van der Waals surface area contributed by atoms with Crippen molar-refractivity contribution in [3.05, 3.63) is 34.1 Å². The number of benzene rings is 1. The average molecular weight is 373 g/mol. The van der Waals surface area contributed by atoms with Crippen molar-refractivity contribution in [2.24, 2.45) is 0 Å². The molecule has 2 aromatic rings. The highest BCUT2D eigenvalue weighted by molar-refractivity contribution is 9.10. The summed E-state index contributed by atoms with van der Waals surface area (Å²) < 4.78 is 3.27. The van der Waals surface area contributed by atoms with Crippen molar-refractivity contribution in [3.8, 4) is 11.4 Å². The van der Waals surface area contributed by atoms with E-state index in [-0.39, 0.29) is 0 Å². The summed E-state index contributed by atoms with van der Waals surface area (Å²) in [5.41, 5.74) is 2.35. The van der Waals surface area contributed by atoms with Gasteiger partial charge < -0.3 is 4.57 Å². The minimum Gasteiger partial charge on any atom is -0.310 e. The molecule has 0 spiro atoms. The fourth-order valence-corrected chi connectivity index (χ4v) is 2.86. The van der Waals surface area contributed by atoms with Crippen molar-refractivity contribution >= 4 is 31.9 Å². The fourth-order valence-electron chi connectivity index (χ4n) is 1.97. The summed E-state index contributed by atoms with van der Waals surface area (Å²) in [4.78, 5) is 0. The van der Waals surface area contributed by atoms with Crippen LogP contribution >= 0.6 is 31.9 Å². The van der Waals surface area contributed by atoms with Gasteiger partial charge >= 0.3 is 0 Å². The van der Waals surface area contributed by atoms with Crippen LogP contribution in [0.25, 0.3) is 11.4 Å². The Morgan fingerprint density at radius 3 is 2.67 bits per heavy atom. The molecule has 0 amide bonds. The van der Waals surface area contributed by atoms with Crippen LogP contribution in [0.4, 0.5) is 0 Å².